The van der Waals surface area contributed by atoms with E-state index in [0.717, 1.165) is 12.1 Å². The van der Waals surface area contributed by atoms with Crippen molar-refractivity contribution in [2.45, 2.75) is 6.54 Å². The van der Waals surface area contributed by atoms with E-state index in [0.29, 0.717) is 18.8 Å². The van der Waals surface area contributed by atoms with Gasteiger partial charge in [-0.25, -0.2) is 8.78 Å². The van der Waals surface area contributed by atoms with Crippen molar-refractivity contribution in [3.8, 4) is 0 Å². The highest BCUT2D eigenvalue weighted by molar-refractivity contribution is 5.43. The Morgan fingerprint density at radius 1 is 1.11 bits per heavy atom. The summed E-state index contributed by atoms with van der Waals surface area (Å²) in [5, 5.41) is 2.92. The average molecular weight is 250 g/mol. The van der Waals surface area contributed by atoms with Crippen molar-refractivity contribution in [3.05, 3.63) is 64.6 Å². The number of benzene rings is 1. The lowest BCUT2D eigenvalue weighted by molar-refractivity contribution is 0.509. The first-order valence-corrected chi connectivity index (χ1v) is 5.51. The summed E-state index contributed by atoms with van der Waals surface area (Å²) < 4.78 is 27.1. The Morgan fingerprint density at radius 3 is 2.67 bits per heavy atom. The van der Waals surface area contributed by atoms with Crippen LogP contribution in [0.25, 0.3) is 0 Å². The van der Waals surface area contributed by atoms with Gasteiger partial charge in [-0.1, -0.05) is 6.07 Å². The molecular formula is C13H12F2N2O. The number of anilines is 1. The number of aromatic nitrogens is 1. The molecule has 0 saturated carbocycles. The molecule has 0 fully saturated rings. The number of nitrogens with one attached hydrogen (secondary N) is 1. The molecule has 0 amide bonds. The molecule has 5 heteroatoms. The Bertz CT molecular complexity index is 596. The number of nitrogens with zero attached hydrogens (tertiary/aromatic N) is 1. The fourth-order valence-electron chi connectivity index (χ4n) is 1.57. The van der Waals surface area contributed by atoms with Crippen LogP contribution in [-0.4, -0.2) is 11.1 Å². The van der Waals surface area contributed by atoms with Gasteiger partial charge in [0.25, 0.3) is 5.56 Å². The Morgan fingerprint density at radius 2 is 1.94 bits per heavy atom. The van der Waals surface area contributed by atoms with E-state index in [1.54, 1.807) is 18.3 Å². The van der Waals surface area contributed by atoms with Gasteiger partial charge in [0.2, 0.25) is 0 Å². The largest absolute Gasteiger partial charge is 0.383 e. The van der Waals surface area contributed by atoms with Crippen LogP contribution in [0.1, 0.15) is 0 Å². The van der Waals surface area contributed by atoms with Gasteiger partial charge in [-0.05, 0) is 24.3 Å². The van der Waals surface area contributed by atoms with Gasteiger partial charge >= 0.3 is 0 Å². The van der Waals surface area contributed by atoms with E-state index < -0.39 is 11.6 Å². The normalized spacial score (nSPS) is 10.3. The van der Waals surface area contributed by atoms with Crippen molar-refractivity contribution < 1.29 is 8.78 Å². The zero-order chi connectivity index (χ0) is 13.0. The maximum Gasteiger partial charge on any atom is 0.250 e. The summed E-state index contributed by atoms with van der Waals surface area (Å²) in [6.45, 7) is 0.910. The first-order chi connectivity index (χ1) is 8.66. The topological polar surface area (TPSA) is 34.0 Å². The molecule has 1 N–H and O–H groups in total. The summed E-state index contributed by atoms with van der Waals surface area (Å²) in [4.78, 5) is 11.4. The quantitative estimate of drug-likeness (QED) is 0.903. The molecule has 3 nitrogen and oxygen atoms in total. The van der Waals surface area contributed by atoms with E-state index >= 15 is 0 Å². The molecular weight excluding hydrogens is 238 g/mol. The standard InChI is InChI=1S/C13H12F2N2O/c14-11-5-4-10(9-12(11)15)16-6-8-17-7-2-1-3-13(17)18/h1-5,7,9,16H,6,8H2. The van der Waals surface area contributed by atoms with Gasteiger partial charge in [0.1, 0.15) is 0 Å². The highest BCUT2D eigenvalue weighted by Crippen LogP contribution is 2.12. The third-order valence-electron chi connectivity index (χ3n) is 2.50. The van der Waals surface area contributed by atoms with Crippen molar-refractivity contribution in [2.24, 2.45) is 0 Å². The van der Waals surface area contributed by atoms with Crippen LogP contribution in [0, 0.1) is 11.6 Å². The van der Waals surface area contributed by atoms with E-state index in [1.165, 1.54) is 16.7 Å². The molecule has 0 radical (unpaired) electrons. The Balaban J connectivity index is 1.95. The SMILES string of the molecule is O=c1ccccn1CCNc1ccc(F)c(F)c1. The third-order valence-corrected chi connectivity index (χ3v) is 2.50. The minimum absolute atomic E-state index is 0.0930. The van der Waals surface area contributed by atoms with Crippen LogP contribution < -0.4 is 10.9 Å². The minimum atomic E-state index is -0.892. The van der Waals surface area contributed by atoms with Crippen LogP contribution >= 0.6 is 0 Å². The van der Waals surface area contributed by atoms with Gasteiger partial charge in [0.05, 0.1) is 0 Å². The van der Waals surface area contributed by atoms with E-state index in [4.69, 9.17) is 0 Å². The molecule has 0 aliphatic carbocycles. The fraction of sp³-hybridized carbons (Fsp3) is 0.154. The highest BCUT2D eigenvalue weighted by Gasteiger charge is 2.01. The van der Waals surface area contributed by atoms with Crippen LogP contribution in [0.3, 0.4) is 0 Å². The van der Waals surface area contributed by atoms with Crippen molar-refractivity contribution in [1.82, 2.24) is 4.57 Å². The second-order valence-electron chi connectivity index (χ2n) is 3.79. The van der Waals surface area contributed by atoms with Gasteiger partial charge in [0, 0.05) is 31.0 Å². The molecule has 0 unspecified atom stereocenters. The molecule has 0 spiro atoms. The molecule has 0 saturated heterocycles. The number of pyridine rings is 1. The van der Waals surface area contributed by atoms with E-state index in [1.807, 2.05) is 0 Å². The zero-order valence-electron chi connectivity index (χ0n) is 9.57. The molecule has 0 bridgehead atoms. The monoisotopic (exact) mass is 250 g/mol. The molecule has 1 heterocycles. The van der Waals surface area contributed by atoms with Crippen molar-refractivity contribution in [2.75, 3.05) is 11.9 Å². The van der Waals surface area contributed by atoms with Crippen LogP contribution in [0.5, 0.6) is 0 Å². The lowest BCUT2D eigenvalue weighted by atomic mass is 10.3. The summed E-state index contributed by atoms with van der Waals surface area (Å²) >= 11 is 0. The molecule has 0 atom stereocenters. The van der Waals surface area contributed by atoms with Gasteiger partial charge in [-0.3, -0.25) is 4.79 Å². The summed E-state index contributed by atoms with van der Waals surface area (Å²) in [7, 11) is 0. The number of halogens is 2. The smallest absolute Gasteiger partial charge is 0.250 e. The summed E-state index contributed by atoms with van der Waals surface area (Å²) in [5.41, 5.74) is 0.391. The predicted molar refractivity (Wildman–Crippen MR) is 65.5 cm³/mol. The average Bonchev–Trinajstić information content (AvgIpc) is 2.36. The summed E-state index contributed by atoms with van der Waals surface area (Å²) in [6.07, 6.45) is 1.68. The number of hydrogen-bond donors (Lipinski definition) is 1. The molecule has 18 heavy (non-hydrogen) atoms. The fourth-order valence-corrected chi connectivity index (χ4v) is 1.57. The maximum absolute atomic E-state index is 12.9. The first kappa shape index (κ1) is 12.3. The minimum Gasteiger partial charge on any atom is -0.383 e. The van der Waals surface area contributed by atoms with Gasteiger partial charge < -0.3 is 9.88 Å². The Kier molecular flexibility index (Phi) is 3.72. The van der Waals surface area contributed by atoms with E-state index in [9.17, 15) is 13.6 Å². The van der Waals surface area contributed by atoms with Gasteiger partial charge in [-0.15, -0.1) is 0 Å². The molecule has 94 valence electrons. The third kappa shape index (κ3) is 2.94. The van der Waals surface area contributed by atoms with Crippen LogP contribution in [0.4, 0.5) is 14.5 Å². The van der Waals surface area contributed by atoms with Crippen molar-refractivity contribution >= 4 is 5.69 Å². The first-order valence-electron chi connectivity index (χ1n) is 5.51. The molecule has 2 rings (SSSR count). The van der Waals surface area contributed by atoms with Gasteiger partial charge in [0.15, 0.2) is 11.6 Å². The lowest BCUT2D eigenvalue weighted by Gasteiger charge is -2.08. The molecule has 1 aromatic carbocycles. The molecule has 1 aromatic heterocycles. The van der Waals surface area contributed by atoms with Crippen LogP contribution in [0.2, 0.25) is 0 Å². The van der Waals surface area contributed by atoms with Gasteiger partial charge in [-0.2, -0.15) is 0 Å². The number of rotatable bonds is 4. The molecule has 2 aromatic rings. The van der Waals surface area contributed by atoms with Crippen molar-refractivity contribution in [1.29, 1.82) is 0 Å². The Hall–Kier alpha value is -2.17. The summed E-state index contributed by atoms with van der Waals surface area (Å²) in [6, 6.07) is 8.50. The number of hydrogen-bond acceptors (Lipinski definition) is 2. The Labute approximate surface area is 103 Å². The second-order valence-corrected chi connectivity index (χ2v) is 3.79. The van der Waals surface area contributed by atoms with E-state index in [-0.39, 0.29) is 5.56 Å². The zero-order valence-corrected chi connectivity index (χ0v) is 9.57. The predicted octanol–water partition coefficient (Wildman–Crippen LogP) is 2.24. The highest BCUT2D eigenvalue weighted by atomic mass is 19.2. The molecule has 0 aliphatic rings. The van der Waals surface area contributed by atoms with Crippen LogP contribution in [0.15, 0.2) is 47.4 Å². The van der Waals surface area contributed by atoms with Crippen molar-refractivity contribution in [3.63, 3.8) is 0 Å². The van der Waals surface area contributed by atoms with E-state index in [2.05, 4.69) is 5.32 Å². The van der Waals surface area contributed by atoms with Crippen LogP contribution in [-0.2, 0) is 6.54 Å². The summed E-state index contributed by atoms with van der Waals surface area (Å²) in [5.74, 6) is -1.77. The second kappa shape index (κ2) is 5.44. The maximum atomic E-state index is 12.9. The lowest BCUT2D eigenvalue weighted by Crippen LogP contribution is -2.22. The molecule has 0 aliphatic heterocycles.